The summed E-state index contributed by atoms with van der Waals surface area (Å²) in [6, 6.07) is 10.5. The molecule has 0 amide bonds. The fourth-order valence-electron chi connectivity index (χ4n) is 2.35. The van der Waals surface area contributed by atoms with Crippen molar-refractivity contribution in [3.63, 3.8) is 0 Å². The summed E-state index contributed by atoms with van der Waals surface area (Å²) in [6.45, 7) is 2.19. The smallest absolute Gasteiger partial charge is 0.0866 e. The zero-order chi connectivity index (χ0) is 11.5. The molecule has 0 aliphatic carbocycles. The van der Waals surface area contributed by atoms with Crippen molar-refractivity contribution in [1.82, 2.24) is 14.9 Å². The van der Waals surface area contributed by atoms with E-state index in [1.807, 2.05) is 6.07 Å². The molecular formula is C13H15N3S. The summed E-state index contributed by atoms with van der Waals surface area (Å²) >= 11 is 1.51. The van der Waals surface area contributed by atoms with E-state index >= 15 is 0 Å². The van der Waals surface area contributed by atoms with E-state index in [4.69, 9.17) is 0 Å². The zero-order valence-electron chi connectivity index (χ0n) is 9.60. The van der Waals surface area contributed by atoms with Crippen molar-refractivity contribution in [1.29, 1.82) is 0 Å². The molecule has 1 aliphatic heterocycles. The van der Waals surface area contributed by atoms with Crippen LogP contribution in [0.1, 0.15) is 24.5 Å². The van der Waals surface area contributed by atoms with Gasteiger partial charge in [-0.15, -0.1) is 5.10 Å². The Hall–Kier alpha value is -1.26. The molecule has 3 rings (SSSR count). The van der Waals surface area contributed by atoms with Gasteiger partial charge in [-0.1, -0.05) is 34.8 Å². The average Bonchev–Trinajstić information content (AvgIpc) is 2.90. The van der Waals surface area contributed by atoms with Gasteiger partial charge in [0.15, 0.2) is 0 Å². The first-order chi connectivity index (χ1) is 8.45. The Morgan fingerprint density at radius 2 is 1.88 bits per heavy atom. The normalized spacial score (nSPS) is 17.2. The van der Waals surface area contributed by atoms with Gasteiger partial charge in [-0.2, -0.15) is 0 Å². The summed E-state index contributed by atoms with van der Waals surface area (Å²) in [4.78, 5) is 1.25. The predicted octanol–water partition coefficient (Wildman–Crippen LogP) is 2.67. The number of nitrogens with one attached hydrogen (secondary N) is 1. The summed E-state index contributed by atoms with van der Waals surface area (Å²) < 4.78 is 4.14. The molecule has 3 nitrogen and oxygen atoms in total. The van der Waals surface area contributed by atoms with E-state index < -0.39 is 0 Å². The van der Waals surface area contributed by atoms with Crippen molar-refractivity contribution < 1.29 is 0 Å². The van der Waals surface area contributed by atoms with Crippen LogP contribution in [0.3, 0.4) is 0 Å². The van der Waals surface area contributed by atoms with Gasteiger partial charge in [0.05, 0.1) is 10.6 Å². The molecule has 2 heterocycles. The lowest BCUT2D eigenvalue weighted by Crippen LogP contribution is -2.27. The Morgan fingerprint density at radius 3 is 2.65 bits per heavy atom. The number of hydrogen-bond acceptors (Lipinski definition) is 4. The third-order valence-corrected chi connectivity index (χ3v) is 4.07. The maximum atomic E-state index is 4.36. The topological polar surface area (TPSA) is 37.8 Å². The largest absolute Gasteiger partial charge is 0.317 e. The van der Waals surface area contributed by atoms with Crippen molar-refractivity contribution >= 4 is 11.5 Å². The van der Waals surface area contributed by atoms with Crippen LogP contribution in [0.15, 0.2) is 30.3 Å². The lowest BCUT2D eigenvalue weighted by molar-refractivity contribution is 0.453. The predicted molar refractivity (Wildman–Crippen MR) is 70.2 cm³/mol. The highest BCUT2D eigenvalue weighted by Gasteiger charge is 2.22. The molecule has 17 heavy (non-hydrogen) atoms. The summed E-state index contributed by atoms with van der Waals surface area (Å²) in [6.07, 6.45) is 2.34. The molecule has 0 radical (unpaired) electrons. The minimum atomic E-state index is 0.574. The van der Waals surface area contributed by atoms with Crippen LogP contribution in [-0.2, 0) is 0 Å². The monoisotopic (exact) mass is 245 g/mol. The third-order valence-electron chi connectivity index (χ3n) is 3.28. The molecule has 1 aromatic heterocycles. The first-order valence-electron chi connectivity index (χ1n) is 6.03. The second-order valence-electron chi connectivity index (χ2n) is 4.38. The van der Waals surface area contributed by atoms with E-state index in [1.54, 1.807) is 0 Å². The van der Waals surface area contributed by atoms with Gasteiger partial charge in [0, 0.05) is 5.92 Å². The molecular weight excluding hydrogens is 230 g/mol. The van der Waals surface area contributed by atoms with Gasteiger partial charge in [0.25, 0.3) is 0 Å². The van der Waals surface area contributed by atoms with E-state index in [0.29, 0.717) is 5.92 Å². The van der Waals surface area contributed by atoms with Crippen molar-refractivity contribution in [3.05, 3.63) is 36.0 Å². The molecule has 0 unspecified atom stereocenters. The first kappa shape index (κ1) is 10.9. The number of piperidine rings is 1. The summed E-state index contributed by atoms with van der Waals surface area (Å²) in [7, 11) is 0. The van der Waals surface area contributed by atoms with Gasteiger partial charge in [0.2, 0.25) is 0 Å². The standard InChI is InChI=1S/C13H15N3S/c1-2-4-11(5-3-1)13-12(15-16-17-13)10-6-8-14-9-7-10/h1-5,10,14H,6-9H2. The summed E-state index contributed by atoms with van der Waals surface area (Å²) in [5.74, 6) is 0.574. The Morgan fingerprint density at radius 1 is 1.12 bits per heavy atom. The molecule has 0 bridgehead atoms. The number of rotatable bonds is 2. The number of benzene rings is 1. The highest BCUT2D eigenvalue weighted by Crippen LogP contribution is 2.34. The molecule has 4 heteroatoms. The number of aromatic nitrogens is 2. The fourth-order valence-corrected chi connectivity index (χ4v) is 3.10. The Balaban J connectivity index is 1.93. The molecule has 1 aromatic carbocycles. The van der Waals surface area contributed by atoms with Crippen LogP contribution in [-0.4, -0.2) is 22.7 Å². The first-order valence-corrected chi connectivity index (χ1v) is 6.81. The Labute approximate surface area is 105 Å². The minimum absolute atomic E-state index is 0.574. The van der Waals surface area contributed by atoms with E-state index in [9.17, 15) is 0 Å². The number of nitrogens with zero attached hydrogens (tertiary/aromatic N) is 2. The molecule has 1 aliphatic rings. The van der Waals surface area contributed by atoms with Gasteiger partial charge in [-0.05, 0) is 43.0 Å². The molecule has 2 aromatic rings. The van der Waals surface area contributed by atoms with Gasteiger partial charge >= 0.3 is 0 Å². The molecule has 1 fully saturated rings. The van der Waals surface area contributed by atoms with Gasteiger partial charge < -0.3 is 5.32 Å². The SMILES string of the molecule is c1ccc(-c2snnc2C2CCNCC2)cc1. The molecule has 0 spiro atoms. The van der Waals surface area contributed by atoms with Gasteiger partial charge in [0.1, 0.15) is 0 Å². The Kier molecular flexibility index (Phi) is 3.16. The third kappa shape index (κ3) is 2.23. The second-order valence-corrected chi connectivity index (χ2v) is 5.13. The minimum Gasteiger partial charge on any atom is -0.317 e. The van der Waals surface area contributed by atoms with Crippen LogP contribution in [0.4, 0.5) is 0 Å². The van der Waals surface area contributed by atoms with Gasteiger partial charge in [-0.25, -0.2) is 0 Å². The van der Waals surface area contributed by atoms with E-state index in [2.05, 4.69) is 39.2 Å². The lowest BCUT2D eigenvalue weighted by atomic mass is 9.93. The highest BCUT2D eigenvalue weighted by molar-refractivity contribution is 7.09. The summed E-state index contributed by atoms with van der Waals surface area (Å²) in [5.41, 5.74) is 2.44. The fraction of sp³-hybridized carbons (Fsp3) is 0.385. The maximum absolute atomic E-state index is 4.36. The van der Waals surface area contributed by atoms with E-state index in [0.717, 1.165) is 13.1 Å². The van der Waals surface area contributed by atoms with Crippen LogP contribution >= 0.6 is 11.5 Å². The van der Waals surface area contributed by atoms with Crippen molar-refractivity contribution in [2.45, 2.75) is 18.8 Å². The number of hydrogen-bond donors (Lipinski definition) is 1. The average molecular weight is 245 g/mol. The quantitative estimate of drug-likeness (QED) is 0.884. The molecule has 0 atom stereocenters. The maximum Gasteiger partial charge on any atom is 0.0866 e. The van der Waals surface area contributed by atoms with Crippen LogP contribution in [0, 0.1) is 0 Å². The van der Waals surface area contributed by atoms with E-state index in [-0.39, 0.29) is 0 Å². The molecule has 0 saturated carbocycles. The zero-order valence-corrected chi connectivity index (χ0v) is 10.4. The van der Waals surface area contributed by atoms with Crippen LogP contribution in [0.2, 0.25) is 0 Å². The van der Waals surface area contributed by atoms with Crippen LogP contribution in [0.5, 0.6) is 0 Å². The molecule has 1 N–H and O–H groups in total. The molecule has 88 valence electrons. The van der Waals surface area contributed by atoms with Crippen LogP contribution in [0.25, 0.3) is 10.4 Å². The van der Waals surface area contributed by atoms with Crippen LogP contribution < -0.4 is 5.32 Å². The van der Waals surface area contributed by atoms with E-state index in [1.165, 1.54) is 40.5 Å². The summed E-state index contributed by atoms with van der Waals surface area (Å²) in [5, 5.41) is 7.75. The Bertz CT molecular complexity index is 474. The molecule has 1 saturated heterocycles. The van der Waals surface area contributed by atoms with Crippen molar-refractivity contribution in [3.8, 4) is 10.4 Å². The highest BCUT2D eigenvalue weighted by atomic mass is 32.1. The van der Waals surface area contributed by atoms with Crippen molar-refractivity contribution in [2.75, 3.05) is 13.1 Å². The lowest BCUT2D eigenvalue weighted by Gasteiger charge is -2.21. The second kappa shape index (κ2) is 4.94. The van der Waals surface area contributed by atoms with Gasteiger partial charge in [-0.3, -0.25) is 0 Å². The van der Waals surface area contributed by atoms with Crippen molar-refractivity contribution in [2.24, 2.45) is 0 Å².